The molecular weight excluding hydrogens is 292 g/mol. The van der Waals surface area contributed by atoms with Crippen LogP contribution in [0.25, 0.3) is 0 Å². The molecule has 0 saturated carbocycles. The van der Waals surface area contributed by atoms with Gasteiger partial charge in [-0.1, -0.05) is 6.07 Å². The second-order valence-corrected chi connectivity index (χ2v) is 4.67. The van der Waals surface area contributed by atoms with Crippen LogP contribution in [-0.2, 0) is 16.0 Å². The predicted octanol–water partition coefficient (Wildman–Crippen LogP) is 2.15. The van der Waals surface area contributed by atoms with Gasteiger partial charge in [-0.05, 0) is 37.5 Å². The van der Waals surface area contributed by atoms with E-state index < -0.39 is 0 Å². The summed E-state index contributed by atoms with van der Waals surface area (Å²) in [6.45, 7) is 3.38. The molecule has 2 rings (SSSR count). The number of rotatable bonds is 5. The van der Waals surface area contributed by atoms with Crippen molar-refractivity contribution in [3.8, 4) is 0 Å². The van der Waals surface area contributed by atoms with Crippen LogP contribution in [0.3, 0.4) is 0 Å². The third-order valence-corrected chi connectivity index (χ3v) is 3.26. The van der Waals surface area contributed by atoms with Gasteiger partial charge in [0, 0.05) is 24.3 Å². The molecule has 116 valence electrons. The minimum Gasteiger partial charge on any atom is -0.466 e. The Morgan fingerprint density at radius 3 is 2.95 bits per heavy atom. The SMILES string of the molecule is CCOC(=O)CCNC(=O)c1cccc2c1CCCN2.Cl. The van der Waals surface area contributed by atoms with Crippen molar-refractivity contribution in [2.75, 3.05) is 25.0 Å². The highest BCUT2D eigenvalue weighted by molar-refractivity contribution is 5.97. The van der Waals surface area contributed by atoms with E-state index in [0.717, 1.165) is 30.6 Å². The molecule has 0 radical (unpaired) electrons. The van der Waals surface area contributed by atoms with Crippen molar-refractivity contribution in [3.05, 3.63) is 29.3 Å². The highest BCUT2D eigenvalue weighted by Gasteiger charge is 2.17. The van der Waals surface area contributed by atoms with Gasteiger partial charge >= 0.3 is 5.97 Å². The lowest BCUT2D eigenvalue weighted by Crippen LogP contribution is -2.28. The van der Waals surface area contributed by atoms with Gasteiger partial charge in [-0.3, -0.25) is 9.59 Å². The number of carbonyl (C=O) groups excluding carboxylic acids is 2. The number of esters is 1. The first-order valence-corrected chi connectivity index (χ1v) is 7.02. The van der Waals surface area contributed by atoms with Crippen LogP contribution < -0.4 is 10.6 Å². The maximum atomic E-state index is 12.2. The Kier molecular flexibility index (Phi) is 7.02. The number of fused-ring (bicyclic) bond motifs is 1. The predicted molar refractivity (Wildman–Crippen MR) is 84.1 cm³/mol. The summed E-state index contributed by atoms with van der Waals surface area (Å²) in [5, 5.41) is 6.07. The molecule has 1 heterocycles. The van der Waals surface area contributed by atoms with Crippen LogP contribution >= 0.6 is 12.4 Å². The zero-order valence-electron chi connectivity index (χ0n) is 12.1. The second-order valence-electron chi connectivity index (χ2n) is 4.67. The Morgan fingerprint density at radius 2 is 2.19 bits per heavy atom. The van der Waals surface area contributed by atoms with E-state index in [4.69, 9.17) is 4.74 Å². The van der Waals surface area contributed by atoms with Crippen LogP contribution in [0.4, 0.5) is 5.69 Å². The van der Waals surface area contributed by atoms with Crippen molar-refractivity contribution in [2.24, 2.45) is 0 Å². The molecule has 21 heavy (non-hydrogen) atoms. The molecule has 0 bridgehead atoms. The smallest absolute Gasteiger partial charge is 0.307 e. The molecule has 0 aliphatic carbocycles. The van der Waals surface area contributed by atoms with Gasteiger partial charge in [0.2, 0.25) is 0 Å². The number of benzene rings is 1. The van der Waals surface area contributed by atoms with Crippen molar-refractivity contribution in [1.29, 1.82) is 0 Å². The number of hydrogen-bond donors (Lipinski definition) is 2. The van der Waals surface area contributed by atoms with Crippen LogP contribution in [0.15, 0.2) is 18.2 Å². The van der Waals surface area contributed by atoms with Crippen LogP contribution in [0.2, 0.25) is 0 Å². The molecule has 5 nitrogen and oxygen atoms in total. The number of carbonyl (C=O) groups is 2. The Morgan fingerprint density at radius 1 is 1.38 bits per heavy atom. The number of halogens is 1. The molecular formula is C15H21ClN2O3. The molecule has 0 aromatic heterocycles. The fraction of sp³-hybridized carbons (Fsp3) is 0.467. The Hall–Kier alpha value is -1.75. The summed E-state index contributed by atoms with van der Waals surface area (Å²) < 4.78 is 4.82. The monoisotopic (exact) mass is 312 g/mol. The minimum atomic E-state index is -0.287. The maximum Gasteiger partial charge on any atom is 0.307 e. The number of ether oxygens (including phenoxy) is 1. The molecule has 1 aromatic carbocycles. The van der Waals surface area contributed by atoms with Gasteiger partial charge in [0.25, 0.3) is 5.91 Å². The van der Waals surface area contributed by atoms with Gasteiger partial charge in [-0.2, -0.15) is 0 Å². The largest absolute Gasteiger partial charge is 0.466 e. The van der Waals surface area contributed by atoms with Gasteiger partial charge in [-0.15, -0.1) is 12.4 Å². The first-order chi connectivity index (χ1) is 9.72. The fourth-order valence-electron chi connectivity index (χ4n) is 2.33. The van der Waals surface area contributed by atoms with Gasteiger partial charge in [-0.25, -0.2) is 0 Å². The number of anilines is 1. The first kappa shape index (κ1) is 17.3. The second kappa shape index (κ2) is 8.52. The van der Waals surface area contributed by atoms with Gasteiger partial charge in [0.1, 0.15) is 0 Å². The van der Waals surface area contributed by atoms with Crippen molar-refractivity contribution >= 4 is 30.0 Å². The number of hydrogen-bond acceptors (Lipinski definition) is 4. The van der Waals surface area contributed by atoms with E-state index in [0.29, 0.717) is 18.7 Å². The molecule has 0 unspecified atom stereocenters. The van der Waals surface area contributed by atoms with Gasteiger partial charge in [0.05, 0.1) is 13.0 Å². The molecule has 1 aliphatic heterocycles. The standard InChI is InChI=1S/C15H20N2O3.ClH/c1-2-20-14(18)8-10-17-15(19)12-5-3-7-13-11(12)6-4-9-16-13;/h3,5,7,16H,2,4,6,8-10H2,1H3,(H,17,19);1H. The maximum absolute atomic E-state index is 12.2. The lowest BCUT2D eigenvalue weighted by Gasteiger charge is -2.20. The van der Waals surface area contributed by atoms with E-state index in [-0.39, 0.29) is 30.7 Å². The average Bonchev–Trinajstić information content (AvgIpc) is 2.47. The number of nitrogens with one attached hydrogen (secondary N) is 2. The quantitative estimate of drug-likeness (QED) is 0.818. The van der Waals surface area contributed by atoms with E-state index >= 15 is 0 Å². The van der Waals surface area contributed by atoms with Crippen molar-refractivity contribution in [3.63, 3.8) is 0 Å². The lowest BCUT2D eigenvalue weighted by atomic mass is 9.97. The van der Waals surface area contributed by atoms with Crippen LogP contribution in [0.5, 0.6) is 0 Å². The van der Waals surface area contributed by atoms with Gasteiger partial charge < -0.3 is 15.4 Å². The molecule has 1 amide bonds. The van der Waals surface area contributed by atoms with E-state index in [1.54, 1.807) is 6.92 Å². The summed E-state index contributed by atoms with van der Waals surface area (Å²) in [5.74, 6) is -0.417. The minimum absolute atomic E-state index is 0. The normalized spacial score (nSPS) is 12.4. The summed E-state index contributed by atoms with van der Waals surface area (Å²) in [7, 11) is 0. The molecule has 1 aromatic rings. The molecule has 0 atom stereocenters. The molecule has 6 heteroatoms. The third kappa shape index (κ3) is 4.63. The van der Waals surface area contributed by atoms with Crippen molar-refractivity contribution in [1.82, 2.24) is 5.32 Å². The highest BCUT2D eigenvalue weighted by Crippen LogP contribution is 2.25. The highest BCUT2D eigenvalue weighted by atomic mass is 35.5. The average molecular weight is 313 g/mol. The summed E-state index contributed by atoms with van der Waals surface area (Å²) in [6.07, 6.45) is 2.14. The van der Waals surface area contributed by atoms with Crippen LogP contribution in [-0.4, -0.2) is 31.6 Å². The third-order valence-electron chi connectivity index (χ3n) is 3.26. The van der Waals surface area contributed by atoms with Crippen molar-refractivity contribution < 1.29 is 14.3 Å². The van der Waals surface area contributed by atoms with Crippen LogP contribution in [0, 0.1) is 0 Å². The molecule has 0 saturated heterocycles. The van der Waals surface area contributed by atoms with E-state index in [9.17, 15) is 9.59 Å². The fourth-order valence-corrected chi connectivity index (χ4v) is 2.33. The Labute approximate surface area is 130 Å². The first-order valence-electron chi connectivity index (χ1n) is 7.02. The number of amides is 1. The topological polar surface area (TPSA) is 67.4 Å². The molecule has 0 fully saturated rings. The summed E-state index contributed by atoms with van der Waals surface area (Å²) >= 11 is 0. The van der Waals surface area contributed by atoms with Crippen LogP contribution in [0.1, 0.15) is 35.7 Å². The zero-order chi connectivity index (χ0) is 14.4. The van der Waals surface area contributed by atoms with E-state index in [2.05, 4.69) is 10.6 Å². The molecule has 1 aliphatic rings. The summed E-state index contributed by atoms with van der Waals surface area (Å²) in [6, 6.07) is 5.69. The van der Waals surface area contributed by atoms with Gasteiger partial charge in [0.15, 0.2) is 0 Å². The summed E-state index contributed by atoms with van der Waals surface area (Å²) in [4.78, 5) is 23.4. The van der Waals surface area contributed by atoms with Crippen molar-refractivity contribution in [2.45, 2.75) is 26.2 Å². The summed E-state index contributed by atoms with van der Waals surface area (Å²) in [5.41, 5.74) is 2.79. The zero-order valence-corrected chi connectivity index (χ0v) is 12.9. The Bertz CT molecular complexity index is 506. The molecule has 2 N–H and O–H groups in total. The molecule has 0 spiro atoms. The lowest BCUT2D eigenvalue weighted by molar-refractivity contribution is -0.142. The van der Waals surface area contributed by atoms with E-state index in [1.807, 2.05) is 18.2 Å². The van der Waals surface area contributed by atoms with E-state index in [1.165, 1.54) is 0 Å². The Balaban J connectivity index is 0.00000220.